The lowest BCUT2D eigenvalue weighted by Gasteiger charge is -2.18. The van der Waals surface area contributed by atoms with Gasteiger partial charge in [0.15, 0.2) is 0 Å². The lowest BCUT2D eigenvalue weighted by atomic mass is 9.97. The van der Waals surface area contributed by atoms with Gasteiger partial charge in [0.25, 0.3) is 0 Å². The highest BCUT2D eigenvalue weighted by molar-refractivity contribution is 9.09. The second kappa shape index (κ2) is 7.34. The molecular weight excluding hydrogens is 268 g/mol. The van der Waals surface area contributed by atoms with E-state index in [4.69, 9.17) is 0 Å². The first-order valence-electron chi connectivity index (χ1n) is 5.43. The molecule has 0 spiro atoms. The molecule has 0 aliphatic heterocycles. The summed E-state index contributed by atoms with van der Waals surface area (Å²) < 4.78 is 0. The number of benzene rings is 1. The van der Waals surface area contributed by atoms with Gasteiger partial charge in [0.05, 0.1) is 0 Å². The molecule has 2 atom stereocenters. The van der Waals surface area contributed by atoms with Gasteiger partial charge in [-0.1, -0.05) is 53.2 Å². The Bertz CT molecular complexity index is 260. The molecule has 0 nitrogen and oxygen atoms in total. The van der Waals surface area contributed by atoms with Crippen molar-refractivity contribution < 1.29 is 0 Å². The number of thioether (sulfide) groups is 1. The Balaban J connectivity index is 2.42. The van der Waals surface area contributed by atoms with Gasteiger partial charge in [-0.25, -0.2) is 0 Å². The average Bonchev–Trinajstić information content (AvgIpc) is 2.29. The molecule has 2 heteroatoms. The normalized spacial score (nSPS) is 14.9. The standard InChI is InChI=1S/C13H19BrS/c1-11(7-6-10-15-2)13(14)12-8-4-3-5-9-12/h3-5,8-9,11,13H,6-7,10H2,1-2H3. The Morgan fingerprint density at radius 1 is 1.27 bits per heavy atom. The van der Waals surface area contributed by atoms with Crippen LogP contribution in [0.1, 0.15) is 30.2 Å². The third kappa shape index (κ3) is 4.60. The van der Waals surface area contributed by atoms with Crippen molar-refractivity contribution in [2.24, 2.45) is 5.92 Å². The van der Waals surface area contributed by atoms with Crippen LogP contribution in [0.2, 0.25) is 0 Å². The molecule has 84 valence electrons. The lowest BCUT2D eigenvalue weighted by Crippen LogP contribution is -2.03. The van der Waals surface area contributed by atoms with E-state index in [9.17, 15) is 0 Å². The Hall–Kier alpha value is 0.0500. The maximum absolute atomic E-state index is 3.80. The van der Waals surface area contributed by atoms with E-state index in [0.29, 0.717) is 10.7 Å². The molecule has 0 amide bonds. The largest absolute Gasteiger partial charge is 0.165 e. The van der Waals surface area contributed by atoms with Gasteiger partial charge >= 0.3 is 0 Å². The molecule has 0 saturated carbocycles. The Morgan fingerprint density at radius 2 is 1.93 bits per heavy atom. The number of hydrogen-bond acceptors (Lipinski definition) is 1. The van der Waals surface area contributed by atoms with Gasteiger partial charge in [0.2, 0.25) is 0 Å². The van der Waals surface area contributed by atoms with E-state index in [0.717, 1.165) is 0 Å². The van der Waals surface area contributed by atoms with Crippen LogP contribution in [0.3, 0.4) is 0 Å². The van der Waals surface area contributed by atoms with E-state index in [1.807, 2.05) is 11.8 Å². The average molecular weight is 287 g/mol. The van der Waals surface area contributed by atoms with Crippen LogP contribution in [0, 0.1) is 5.92 Å². The van der Waals surface area contributed by atoms with Gasteiger partial charge in [-0.15, -0.1) is 0 Å². The lowest BCUT2D eigenvalue weighted by molar-refractivity contribution is 0.521. The molecule has 0 radical (unpaired) electrons. The van der Waals surface area contributed by atoms with Crippen molar-refractivity contribution >= 4 is 27.7 Å². The Labute approximate surface area is 106 Å². The number of rotatable bonds is 6. The van der Waals surface area contributed by atoms with E-state index in [-0.39, 0.29) is 0 Å². The van der Waals surface area contributed by atoms with Crippen LogP contribution < -0.4 is 0 Å². The summed E-state index contributed by atoms with van der Waals surface area (Å²) in [6.07, 6.45) is 4.79. The van der Waals surface area contributed by atoms with Crippen molar-refractivity contribution in [1.29, 1.82) is 0 Å². The van der Waals surface area contributed by atoms with Crippen molar-refractivity contribution in [3.05, 3.63) is 35.9 Å². The summed E-state index contributed by atoms with van der Waals surface area (Å²) in [4.78, 5) is 0.501. The van der Waals surface area contributed by atoms with Crippen LogP contribution in [0.4, 0.5) is 0 Å². The van der Waals surface area contributed by atoms with Gasteiger partial charge in [-0.05, 0) is 36.3 Å². The summed E-state index contributed by atoms with van der Waals surface area (Å²) >= 11 is 5.73. The Kier molecular flexibility index (Phi) is 6.42. The van der Waals surface area contributed by atoms with Crippen molar-refractivity contribution in [1.82, 2.24) is 0 Å². The zero-order valence-corrected chi connectivity index (χ0v) is 11.9. The summed E-state index contributed by atoms with van der Waals surface area (Å²) in [6.45, 7) is 2.33. The molecule has 0 N–H and O–H groups in total. The summed E-state index contributed by atoms with van der Waals surface area (Å²) in [5.41, 5.74) is 1.40. The van der Waals surface area contributed by atoms with Crippen LogP contribution in [-0.2, 0) is 0 Å². The Morgan fingerprint density at radius 3 is 2.53 bits per heavy atom. The fraction of sp³-hybridized carbons (Fsp3) is 0.538. The molecular formula is C13H19BrS. The first-order valence-corrected chi connectivity index (χ1v) is 7.74. The number of hydrogen-bond donors (Lipinski definition) is 0. The molecule has 0 aromatic heterocycles. The van der Waals surface area contributed by atoms with Crippen LogP contribution >= 0.6 is 27.7 Å². The van der Waals surface area contributed by atoms with Gasteiger partial charge in [0.1, 0.15) is 0 Å². The van der Waals surface area contributed by atoms with Crippen LogP contribution in [0.25, 0.3) is 0 Å². The molecule has 2 unspecified atom stereocenters. The second-order valence-corrected chi connectivity index (χ2v) is 5.90. The van der Waals surface area contributed by atoms with Gasteiger partial charge in [-0.3, -0.25) is 0 Å². The van der Waals surface area contributed by atoms with Crippen molar-refractivity contribution in [3.63, 3.8) is 0 Å². The summed E-state index contributed by atoms with van der Waals surface area (Å²) in [7, 11) is 0. The van der Waals surface area contributed by atoms with E-state index in [2.05, 4.69) is 59.4 Å². The quantitative estimate of drug-likeness (QED) is 0.529. The topological polar surface area (TPSA) is 0 Å². The van der Waals surface area contributed by atoms with E-state index < -0.39 is 0 Å². The van der Waals surface area contributed by atoms with E-state index in [1.54, 1.807) is 0 Å². The summed E-state index contributed by atoms with van der Waals surface area (Å²) in [5.74, 6) is 1.98. The smallest absolute Gasteiger partial charge is 0.0420 e. The van der Waals surface area contributed by atoms with E-state index >= 15 is 0 Å². The monoisotopic (exact) mass is 286 g/mol. The third-order valence-corrected chi connectivity index (χ3v) is 4.75. The molecule has 1 aromatic carbocycles. The number of alkyl halides is 1. The zero-order valence-electron chi connectivity index (χ0n) is 9.45. The number of halogens is 1. The molecule has 1 aromatic rings. The molecule has 0 fully saturated rings. The maximum Gasteiger partial charge on any atom is 0.0420 e. The fourth-order valence-corrected chi connectivity index (χ4v) is 2.69. The predicted molar refractivity (Wildman–Crippen MR) is 74.9 cm³/mol. The first-order chi connectivity index (χ1) is 7.25. The second-order valence-electron chi connectivity index (χ2n) is 3.92. The van der Waals surface area contributed by atoms with Crippen molar-refractivity contribution in [3.8, 4) is 0 Å². The molecule has 0 aliphatic carbocycles. The minimum atomic E-state index is 0.501. The van der Waals surface area contributed by atoms with Gasteiger partial charge in [-0.2, -0.15) is 11.8 Å². The van der Waals surface area contributed by atoms with Crippen LogP contribution in [0.15, 0.2) is 30.3 Å². The van der Waals surface area contributed by atoms with Crippen molar-refractivity contribution in [2.45, 2.75) is 24.6 Å². The molecule has 0 aliphatic rings. The summed E-state index contributed by atoms with van der Waals surface area (Å²) in [5, 5.41) is 0. The van der Waals surface area contributed by atoms with Gasteiger partial charge in [0, 0.05) is 4.83 Å². The highest BCUT2D eigenvalue weighted by atomic mass is 79.9. The molecule has 0 saturated heterocycles. The van der Waals surface area contributed by atoms with E-state index in [1.165, 1.54) is 24.2 Å². The molecule has 0 bridgehead atoms. The fourth-order valence-electron chi connectivity index (χ4n) is 1.66. The zero-order chi connectivity index (χ0) is 11.1. The first kappa shape index (κ1) is 13.1. The molecule has 0 heterocycles. The SMILES string of the molecule is CSCCCC(C)C(Br)c1ccccc1. The highest BCUT2D eigenvalue weighted by Crippen LogP contribution is 2.33. The highest BCUT2D eigenvalue weighted by Gasteiger charge is 2.14. The maximum atomic E-state index is 3.80. The minimum absolute atomic E-state index is 0.501. The molecule has 15 heavy (non-hydrogen) atoms. The minimum Gasteiger partial charge on any atom is -0.165 e. The third-order valence-electron chi connectivity index (χ3n) is 2.63. The predicted octanol–water partition coefficient (Wildman–Crippen LogP) is 4.90. The van der Waals surface area contributed by atoms with Crippen LogP contribution in [0.5, 0.6) is 0 Å². The van der Waals surface area contributed by atoms with Crippen LogP contribution in [-0.4, -0.2) is 12.0 Å². The van der Waals surface area contributed by atoms with Gasteiger partial charge < -0.3 is 0 Å². The molecule has 1 rings (SSSR count). The van der Waals surface area contributed by atoms with Crippen molar-refractivity contribution in [2.75, 3.05) is 12.0 Å². The summed E-state index contributed by atoms with van der Waals surface area (Å²) in [6, 6.07) is 10.7.